The average Bonchev–Trinajstić information content (AvgIpc) is 2.24. The molecule has 0 aliphatic carbocycles. The van der Waals surface area contributed by atoms with Crippen LogP contribution >= 0.6 is 0 Å². The molecule has 1 N–H and O–H groups in total. The van der Waals surface area contributed by atoms with E-state index in [1.165, 1.54) is 20.8 Å². The summed E-state index contributed by atoms with van der Waals surface area (Å²) in [6.07, 6.45) is -5.85. The zero-order chi connectivity index (χ0) is 15.7. The van der Waals surface area contributed by atoms with Gasteiger partial charge in [-0.05, 0) is 33.6 Å². The Kier molecular flexibility index (Phi) is 4.55. The number of alkyl halides is 3. The van der Waals surface area contributed by atoms with Crippen LogP contribution in [0.5, 0.6) is 0 Å². The molecular weight excluding hydrogens is 279 g/mol. The van der Waals surface area contributed by atoms with Crippen molar-refractivity contribution in [3.63, 3.8) is 0 Å². The number of piperidine rings is 1. The normalized spacial score (nSPS) is 24.4. The zero-order valence-corrected chi connectivity index (χ0v) is 11.5. The van der Waals surface area contributed by atoms with Gasteiger partial charge in [0.2, 0.25) is 0 Å². The molecule has 0 aromatic heterocycles. The van der Waals surface area contributed by atoms with E-state index < -0.39 is 35.8 Å². The van der Waals surface area contributed by atoms with Crippen molar-refractivity contribution in [2.24, 2.45) is 5.92 Å². The SMILES string of the molecule is CC(C)(C)OC(=O)N1CCC[C@@H](C(=O)O)[C@H]1C(F)(F)F. The van der Waals surface area contributed by atoms with Gasteiger partial charge in [-0.2, -0.15) is 13.2 Å². The van der Waals surface area contributed by atoms with E-state index in [0.29, 0.717) is 4.90 Å². The third-order valence-electron chi connectivity index (χ3n) is 2.91. The van der Waals surface area contributed by atoms with Crippen molar-refractivity contribution in [3.05, 3.63) is 0 Å². The minimum absolute atomic E-state index is 0.112. The van der Waals surface area contributed by atoms with Gasteiger partial charge < -0.3 is 9.84 Å². The number of carbonyl (C=O) groups is 2. The van der Waals surface area contributed by atoms with Crippen LogP contribution in [0.4, 0.5) is 18.0 Å². The lowest BCUT2D eigenvalue weighted by atomic mass is 9.89. The third kappa shape index (κ3) is 4.01. The van der Waals surface area contributed by atoms with Crippen LogP contribution in [0.25, 0.3) is 0 Å². The Morgan fingerprint density at radius 1 is 1.25 bits per heavy atom. The molecule has 5 nitrogen and oxygen atoms in total. The fraction of sp³-hybridized carbons (Fsp3) is 0.833. The number of hydrogen-bond acceptors (Lipinski definition) is 3. The Morgan fingerprint density at radius 3 is 2.20 bits per heavy atom. The van der Waals surface area contributed by atoms with Crippen LogP contribution in [0, 0.1) is 5.92 Å². The standard InChI is InChI=1S/C12H18F3NO4/c1-11(2,3)20-10(19)16-6-4-5-7(9(17)18)8(16)12(13,14)15/h7-8H,4-6H2,1-3H3,(H,17,18)/t7-,8+/m1/s1. The first-order valence-electron chi connectivity index (χ1n) is 6.22. The Labute approximate surface area is 114 Å². The first-order valence-corrected chi connectivity index (χ1v) is 6.22. The molecule has 20 heavy (non-hydrogen) atoms. The lowest BCUT2D eigenvalue weighted by Crippen LogP contribution is -2.58. The second kappa shape index (κ2) is 5.49. The van der Waals surface area contributed by atoms with Crippen LogP contribution in [0.1, 0.15) is 33.6 Å². The van der Waals surface area contributed by atoms with Crippen LogP contribution in [0.15, 0.2) is 0 Å². The third-order valence-corrected chi connectivity index (χ3v) is 2.91. The second-order valence-electron chi connectivity index (χ2n) is 5.75. The van der Waals surface area contributed by atoms with Gasteiger partial charge in [0, 0.05) is 6.54 Å². The smallest absolute Gasteiger partial charge is 0.410 e. The van der Waals surface area contributed by atoms with Gasteiger partial charge in [-0.15, -0.1) is 0 Å². The monoisotopic (exact) mass is 297 g/mol. The number of carbonyl (C=O) groups excluding carboxylic acids is 1. The van der Waals surface area contributed by atoms with Gasteiger partial charge >= 0.3 is 18.2 Å². The number of ether oxygens (including phenoxy) is 1. The summed E-state index contributed by atoms with van der Waals surface area (Å²) in [7, 11) is 0. The Morgan fingerprint density at radius 2 is 1.80 bits per heavy atom. The molecule has 116 valence electrons. The Hall–Kier alpha value is -1.47. The van der Waals surface area contributed by atoms with Crippen molar-refractivity contribution < 1.29 is 32.6 Å². The first kappa shape index (κ1) is 16.6. The summed E-state index contributed by atoms with van der Waals surface area (Å²) in [5, 5.41) is 8.93. The molecule has 1 rings (SSSR count). The Balaban J connectivity index is 3.02. The van der Waals surface area contributed by atoms with Crippen LogP contribution in [-0.4, -0.2) is 46.4 Å². The quantitative estimate of drug-likeness (QED) is 0.808. The van der Waals surface area contributed by atoms with Crippen molar-refractivity contribution in [2.75, 3.05) is 6.54 Å². The fourth-order valence-electron chi connectivity index (χ4n) is 2.18. The number of carboxylic acids is 1. The maximum atomic E-state index is 13.1. The number of nitrogens with zero attached hydrogens (tertiary/aromatic N) is 1. The van der Waals surface area contributed by atoms with Crippen molar-refractivity contribution in [1.82, 2.24) is 4.90 Å². The van der Waals surface area contributed by atoms with E-state index >= 15 is 0 Å². The molecule has 2 atom stereocenters. The molecule has 0 saturated carbocycles. The molecule has 0 unspecified atom stereocenters. The van der Waals surface area contributed by atoms with Crippen molar-refractivity contribution >= 4 is 12.1 Å². The van der Waals surface area contributed by atoms with Gasteiger partial charge in [-0.3, -0.25) is 9.69 Å². The molecule has 8 heteroatoms. The molecule has 0 aromatic rings. The van der Waals surface area contributed by atoms with E-state index in [1.54, 1.807) is 0 Å². The molecular formula is C12H18F3NO4. The maximum Gasteiger partial charge on any atom is 0.410 e. The summed E-state index contributed by atoms with van der Waals surface area (Å²) in [5.41, 5.74) is -0.941. The van der Waals surface area contributed by atoms with Gasteiger partial charge in [0.15, 0.2) is 0 Å². The highest BCUT2D eigenvalue weighted by atomic mass is 19.4. The van der Waals surface area contributed by atoms with Gasteiger partial charge in [0.1, 0.15) is 11.6 Å². The van der Waals surface area contributed by atoms with Crippen LogP contribution < -0.4 is 0 Å². The minimum Gasteiger partial charge on any atom is -0.481 e. The minimum atomic E-state index is -4.81. The van der Waals surface area contributed by atoms with Crippen molar-refractivity contribution in [2.45, 2.75) is 51.4 Å². The predicted octanol–water partition coefficient (Wildman–Crippen LogP) is 2.65. The van der Waals surface area contributed by atoms with Crippen LogP contribution in [0.2, 0.25) is 0 Å². The maximum absolute atomic E-state index is 13.1. The predicted molar refractivity (Wildman–Crippen MR) is 63.1 cm³/mol. The van der Waals surface area contributed by atoms with E-state index in [1.807, 2.05) is 0 Å². The molecule has 1 fully saturated rings. The number of carboxylic acid groups (broad SMARTS) is 1. The molecule has 0 spiro atoms. The Bertz CT molecular complexity index is 389. The van der Waals surface area contributed by atoms with E-state index in [9.17, 15) is 22.8 Å². The fourth-order valence-corrected chi connectivity index (χ4v) is 2.18. The lowest BCUT2D eigenvalue weighted by Gasteiger charge is -2.40. The topological polar surface area (TPSA) is 66.8 Å². The summed E-state index contributed by atoms with van der Waals surface area (Å²) in [4.78, 5) is 23.3. The van der Waals surface area contributed by atoms with Gasteiger partial charge in [0.05, 0.1) is 5.92 Å². The van der Waals surface area contributed by atoms with E-state index in [4.69, 9.17) is 9.84 Å². The number of likely N-dealkylation sites (tertiary alicyclic amines) is 1. The van der Waals surface area contributed by atoms with Crippen molar-refractivity contribution in [1.29, 1.82) is 0 Å². The largest absolute Gasteiger partial charge is 0.481 e. The molecule has 1 amide bonds. The molecule has 1 heterocycles. The van der Waals surface area contributed by atoms with Crippen LogP contribution in [0.3, 0.4) is 0 Å². The van der Waals surface area contributed by atoms with Gasteiger partial charge in [-0.25, -0.2) is 4.79 Å². The molecule has 1 aliphatic rings. The number of halogens is 3. The van der Waals surface area contributed by atoms with Gasteiger partial charge in [-0.1, -0.05) is 0 Å². The highest BCUT2D eigenvalue weighted by Crippen LogP contribution is 2.36. The molecule has 1 saturated heterocycles. The molecule has 1 aliphatic heterocycles. The van der Waals surface area contributed by atoms with E-state index in [0.717, 1.165) is 0 Å². The zero-order valence-electron chi connectivity index (χ0n) is 11.5. The van der Waals surface area contributed by atoms with Crippen molar-refractivity contribution in [3.8, 4) is 0 Å². The summed E-state index contributed by atoms with van der Waals surface area (Å²) in [6.45, 7) is 4.44. The molecule has 0 radical (unpaired) electrons. The highest BCUT2D eigenvalue weighted by molar-refractivity contribution is 5.74. The lowest BCUT2D eigenvalue weighted by molar-refractivity contribution is -0.207. The molecule has 0 aromatic carbocycles. The number of rotatable bonds is 1. The molecule has 0 bridgehead atoms. The second-order valence-corrected chi connectivity index (χ2v) is 5.75. The average molecular weight is 297 g/mol. The highest BCUT2D eigenvalue weighted by Gasteiger charge is 2.54. The summed E-state index contributed by atoms with van der Waals surface area (Å²) in [6, 6.07) is -2.34. The van der Waals surface area contributed by atoms with Crippen LogP contribution in [-0.2, 0) is 9.53 Å². The first-order chi connectivity index (χ1) is 8.93. The number of aliphatic carboxylic acids is 1. The summed E-state index contributed by atoms with van der Waals surface area (Å²) < 4.78 is 44.2. The summed E-state index contributed by atoms with van der Waals surface area (Å²) >= 11 is 0. The van der Waals surface area contributed by atoms with E-state index in [-0.39, 0.29) is 19.4 Å². The summed E-state index contributed by atoms with van der Waals surface area (Å²) in [5.74, 6) is -3.21. The number of hydrogen-bond donors (Lipinski definition) is 1. The van der Waals surface area contributed by atoms with E-state index in [2.05, 4.69) is 0 Å². The van der Waals surface area contributed by atoms with Gasteiger partial charge in [0.25, 0.3) is 0 Å². The number of amides is 1.